The molecule has 1 aliphatic rings. The highest BCUT2D eigenvalue weighted by molar-refractivity contribution is 8.27. The lowest BCUT2D eigenvalue weighted by atomic mass is 10.1. The molecule has 0 bridgehead atoms. The van der Waals surface area contributed by atoms with Gasteiger partial charge in [0.2, 0.25) is 0 Å². The summed E-state index contributed by atoms with van der Waals surface area (Å²) in [5.41, 5.74) is 0.955. The summed E-state index contributed by atoms with van der Waals surface area (Å²) in [5, 5.41) is 0.274. The number of ether oxygens (including phenoxy) is 1. The maximum Gasteiger partial charge on any atom is 0.339 e. The summed E-state index contributed by atoms with van der Waals surface area (Å²) < 4.78 is 25.3. The monoisotopic (exact) mass is 487 g/mol. The van der Waals surface area contributed by atoms with Crippen LogP contribution in [0.25, 0.3) is 17.4 Å². The second kappa shape index (κ2) is 9.28. The van der Waals surface area contributed by atoms with E-state index in [1.807, 2.05) is 0 Å². The normalized spacial score (nSPS) is 15.0. The third-order valence-corrected chi connectivity index (χ3v) is 6.17. The van der Waals surface area contributed by atoms with Gasteiger partial charge in [-0.3, -0.25) is 9.69 Å². The number of benzene rings is 2. The molecule has 0 atom stereocenters. The van der Waals surface area contributed by atoms with E-state index in [-0.39, 0.29) is 27.2 Å². The Labute approximate surface area is 197 Å². The molecule has 2 heterocycles. The number of para-hydroxylation sites is 1. The van der Waals surface area contributed by atoms with Gasteiger partial charge in [-0.25, -0.2) is 9.18 Å². The van der Waals surface area contributed by atoms with Gasteiger partial charge in [0.1, 0.15) is 17.3 Å². The molecule has 1 aliphatic heterocycles. The van der Waals surface area contributed by atoms with E-state index < -0.39 is 17.7 Å². The number of amides is 1. The fraction of sp³-hybridized carbons (Fsp3) is 0.0870. The fourth-order valence-electron chi connectivity index (χ4n) is 3.07. The van der Waals surface area contributed by atoms with Crippen LogP contribution in [0.5, 0.6) is 0 Å². The first-order valence-corrected chi connectivity index (χ1v) is 11.1. The van der Waals surface area contributed by atoms with Gasteiger partial charge in [0.05, 0.1) is 27.8 Å². The number of nitrogens with zero attached hydrogens (tertiary/aromatic N) is 1. The Morgan fingerprint density at radius 3 is 2.78 bits per heavy atom. The molecular formula is C23H15ClFNO4S2. The zero-order chi connectivity index (χ0) is 22.8. The molecule has 1 amide bonds. The van der Waals surface area contributed by atoms with Gasteiger partial charge in [0.25, 0.3) is 5.91 Å². The fourth-order valence-corrected chi connectivity index (χ4v) is 4.53. The van der Waals surface area contributed by atoms with Crippen molar-refractivity contribution in [1.82, 2.24) is 0 Å². The van der Waals surface area contributed by atoms with E-state index in [4.69, 9.17) is 33.0 Å². The van der Waals surface area contributed by atoms with Gasteiger partial charge in [-0.15, -0.1) is 0 Å². The summed E-state index contributed by atoms with van der Waals surface area (Å²) in [6.45, 7) is 1.94. The molecule has 3 aromatic rings. The number of hydrogen-bond acceptors (Lipinski definition) is 6. The van der Waals surface area contributed by atoms with Crippen LogP contribution in [0.1, 0.15) is 23.0 Å². The van der Waals surface area contributed by atoms with E-state index in [1.165, 1.54) is 12.1 Å². The van der Waals surface area contributed by atoms with E-state index >= 15 is 0 Å². The van der Waals surface area contributed by atoms with Crippen LogP contribution in [0.4, 0.5) is 10.1 Å². The zero-order valence-electron chi connectivity index (χ0n) is 16.6. The average Bonchev–Trinajstić information content (AvgIpc) is 3.34. The first kappa shape index (κ1) is 22.3. The molecule has 0 unspecified atom stereocenters. The first-order chi connectivity index (χ1) is 15.4. The number of esters is 1. The molecule has 0 radical (unpaired) electrons. The third kappa shape index (κ3) is 4.34. The van der Waals surface area contributed by atoms with Gasteiger partial charge in [-0.2, -0.15) is 0 Å². The maximum absolute atomic E-state index is 14.2. The lowest BCUT2D eigenvalue weighted by Gasteiger charge is -2.14. The number of rotatable bonds is 5. The van der Waals surface area contributed by atoms with Crippen LogP contribution >= 0.6 is 35.6 Å². The molecule has 0 spiro atoms. The number of thiocarbonyl (C=S) groups is 1. The standard InChI is InChI=1S/C23H15ClFNO4S2/c1-2-29-22(28)15-11-13(7-9-16(15)24)19-10-8-14(30-19)12-20-21(27)26(23(31)32-20)18-6-4-3-5-17(18)25/h3-12H,2H2,1H3/b20-12-. The van der Waals surface area contributed by atoms with Crippen molar-refractivity contribution in [3.05, 3.63) is 81.7 Å². The summed E-state index contributed by atoms with van der Waals surface area (Å²) in [7, 11) is 0. The predicted molar refractivity (Wildman–Crippen MR) is 127 cm³/mol. The molecule has 4 rings (SSSR count). The van der Waals surface area contributed by atoms with E-state index in [9.17, 15) is 14.0 Å². The van der Waals surface area contributed by atoms with E-state index in [1.54, 1.807) is 55.5 Å². The molecular weight excluding hydrogens is 473 g/mol. The van der Waals surface area contributed by atoms with Crippen LogP contribution in [0.2, 0.25) is 5.02 Å². The van der Waals surface area contributed by atoms with Crippen LogP contribution in [0.3, 0.4) is 0 Å². The van der Waals surface area contributed by atoms with Crippen molar-refractivity contribution in [3.8, 4) is 11.3 Å². The first-order valence-electron chi connectivity index (χ1n) is 9.48. The van der Waals surface area contributed by atoms with Gasteiger partial charge in [-0.1, -0.05) is 47.7 Å². The number of hydrogen-bond donors (Lipinski definition) is 0. The van der Waals surface area contributed by atoms with E-state index in [0.29, 0.717) is 22.0 Å². The van der Waals surface area contributed by atoms with E-state index in [0.717, 1.165) is 16.7 Å². The van der Waals surface area contributed by atoms with Crippen molar-refractivity contribution >= 4 is 63.5 Å². The summed E-state index contributed by atoms with van der Waals surface area (Å²) in [6.07, 6.45) is 1.55. The largest absolute Gasteiger partial charge is 0.462 e. The molecule has 9 heteroatoms. The number of anilines is 1. The maximum atomic E-state index is 14.2. The number of halogens is 2. The highest BCUT2D eigenvalue weighted by Crippen LogP contribution is 2.37. The number of carbonyl (C=O) groups is 2. The Kier molecular flexibility index (Phi) is 6.45. The second-order valence-corrected chi connectivity index (χ2v) is 8.67. The molecule has 0 saturated carbocycles. The Hall–Kier alpha value is -2.94. The van der Waals surface area contributed by atoms with Crippen molar-refractivity contribution in [3.63, 3.8) is 0 Å². The minimum atomic E-state index is -0.537. The molecule has 32 heavy (non-hydrogen) atoms. The molecule has 2 aromatic carbocycles. The third-order valence-electron chi connectivity index (χ3n) is 4.53. The van der Waals surface area contributed by atoms with Crippen molar-refractivity contribution in [1.29, 1.82) is 0 Å². The SMILES string of the molecule is CCOC(=O)c1cc(-c2ccc(/C=C3\SC(=S)N(c4ccccc4F)C3=O)o2)ccc1Cl. The Morgan fingerprint density at radius 2 is 2.03 bits per heavy atom. The van der Waals surface area contributed by atoms with Crippen molar-refractivity contribution in [2.75, 3.05) is 11.5 Å². The van der Waals surface area contributed by atoms with Crippen LogP contribution in [-0.2, 0) is 9.53 Å². The average molecular weight is 488 g/mol. The zero-order valence-corrected chi connectivity index (χ0v) is 19.0. The summed E-state index contributed by atoms with van der Waals surface area (Å²) in [6, 6.07) is 14.2. The minimum absolute atomic E-state index is 0.103. The van der Waals surface area contributed by atoms with Gasteiger partial charge >= 0.3 is 5.97 Å². The Morgan fingerprint density at radius 1 is 1.25 bits per heavy atom. The lowest BCUT2D eigenvalue weighted by molar-refractivity contribution is -0.113. The molecule has 5 nitrogen and oxygen atoms in total. The topological polar surface area (TPSA) is 59.8 Å². The minimum Gasteiger partial charge on any atom is -0.462 e. The van der Waals surface area contributed by atoms with Crippen LogP contribution in [-0.4, -0.2) is 22.8 Å². The van der Waals surface area contributed by atoms with Crippen LogP contribution in [0.15, 0.2) is 63.9 Å². The van der Waals surface area contributed by atoms with Gasteiger partial charge < -0.3 is 9.15 Å². The second-order valence-electron chi connectivity index (χ2n) is 6.59. The molecule has 0 N–H and O–H groups in total. The molecule has 0 aliphatic carbocycles. The van der Waals surface area contributed by atoms with Crippen LogP contribution < -0.4 is 4.90 Å². The summed E-state index contributed by atoms with van der Waals surface area (Å²) in [4.78, 5) is 26.4. The quantitative estimate of drug-likeness (QED) is 0.238. The molecule has 1 aromatic heterocycles. The number of carbonyl (C=O) groups excluding carboxylic acids is 2. The Bertz CT molecular complexity index is 1270. The Balaban J connectivity index is 1.61. The van der Waals surface area contributed by atoms with Crippen molar-refractivity contribution in [2.45, 2.75) is 6.92 Å². The van der Waals surface area contributed by atoms with Gasteiger partial charge in [-0.05, 0) is 49.4 Å². The smallest absolute Gasteiger partial charge is 0.339 e. The summed E-state index contributed by atoms with van der Waals surface area (Å²) in [5.74, 6) is -0.614. The van der Waals surface area contributed by atoms with Crippen molar-refractivity contribution < 1.29 is 23.1 Å². The van der Waals surface area contributed by atoms with Crippen molar-refractivity contribution in [2.24, 2.45) is 0 Å². The summed E-state index contributed by atoms with van der Waals surface area (Å²) >= 11 is 12.5. The molecule has 1 fully saturated rings. The van der Waals surface area contributed by atoms with Gasteiger partial charge in [0, 0.05) is 11.6 Å². The molecule has 1 saturated heterocycles. The van der Waals surface area contributed by atoms with E-state index in [2.05, 4.69) is 0 Å². The van der Waals surface area contributed by atoms with Crippen LogP contribution in [0, 0.1) is 5.82 Å². The highest BCUT2D eigenvalue weighted by atomic mass is 35.5. The number of furan rings is 1. The van der Waals surface area contributed by atoms with Gasteiger partial charge in [0.15, 0.2) is 4.32 Å². The lowest BCUT2D eigenvalue weighted by Crippen LogP contribution is -2.28. The highest BCUT2D eigenvalue weighted by Gasteiger charge is 2.35. The molecule has 162 valence electrons. The predicted octanol–water partition coefficient (Wildman–Crippen LogP) is 6.32. The number of thioether (sulfide) groups is 1.